The second-order valence-electron chi connectivity index (χ2n) is 7.18. The molecule has 0 saturated heterocycles. The fourth-order valence-corrected chi connectivity index (χ4v) is 7.93. The topological polar surface area (TPSA) is 35.3 Å². The van der Waals surface area contributed by atoms with Gasteiger partial charge in [0.2, 0.25) is 0 Å². The van der Waals surface area contributed by atoms with E-state index in [1.54, 1.807) is 6.21 Å². The molecular formula is C20H27NO2Si. The minimum absolute atomic E-state index is 0.0841. The molecule has 0 aliphatic carbocycles. The lowest BCUT2D eigenvalue weighted by molar-refractivity contribution is -0.420. The fraction of sp³-hybridized carbons (Fsp3) is 0.350. The van der Waals surface area contributed by atoms with Gasteiger partial charge < -0.3 is 9.63 Å². The molecule has 2 aromatic carbocycles. The molecule has 0 aromatic heterocycles. The summed E-state index contributed by atoms with van der Waals surface area (Å²) < 4.78 is 7.55. The van der Waals surface area contributed by atoms with Crippen molar-refractivity contribution >= 4 is 24.9 Å². The number of hydrogen-bond donors (Lipinski definition) is 0. The Labute approximate surface area is 146 Å². The lowest BCUT2D eigenvalue weighted by Crippen LogP contribution is -2.67. The zero-order valence-corrected chi connectivity index (χ0v) is 16.2. The molecule has 2 rings (SSSR count). The maximum absolute atomic E-state index is 11.5. The smallest absolute Gasteiger partial charge is 0.262 e. The van der Waals surface area contributed by atoms with Gasteiger partial charge in [-0.05, 0) is 22.3 Å². The van der Waals surface area contributed by atoms with Crippen LogP contribution in [0.1, 0.15) is 27.7 Å². The van der Waals surface area contributed by atoms with Crippen molar-refractivity contribution in [3.63, 3.8) is 0 Å². The molecule has 3 nitrogen and oxygen atoms in total. The van der Waals surface area contributed by atoms with E-state index in [1.807, 2.05) is 19.1 Å². The Balaban J connectivity index is 2.68. The monoisotopic (exact) mass is 341 g/mol. The predicted octanol–water partition coefficient (Wildman–Crippen LogP) is 3.16. The standard InChI is InChI=1S/C20H27NO2Si/c1-17(16-21(5)22)23-24(20(2,3)4,18-12-8-6-9-13-18)19-14-10-7-11-15-19/h6-17H,1-5H3/b21-16-/t17-/m0/s1. The first-order chi connectivity index (χ1) is 11.3. The summed E-state index contributed by atoms with van der Waals surface area (Å²) in [7, 11) is -1.08. The van der Waals surface area contributed by atoms with E-state index in [1.165, 1.54) is 17.4 Å². The SMILES string of the molecule is C[C@@H](/C=[N+](/C)[O-])O[Si](c1ccccc1)(c1ccccc1)C(C)(C)C. The van der Waals surface area contributed by atoms with E-state index in [4.69, 9.17) is 4.43 Å². The summed E-state index contributed by atoms with van der Waals surface area (Å²) in [6.45, 7) is 8.63. The van der Waals surface area contributed by atoms with E-state index in [2.05, 4.69) is 69.3 Å². The lowest BCUT2D eigenvalue weighted by Gasteiger charge is -2.43. The molecule has 24 heavy (non-hydrogen) atoms. The van der Waals surface area contributed by atoms with Gasteiger partial charge in [0.1, 0.15) is 13.2 Å². The third kappa shape index (κ3) is 3.76. The van der Waals surface area contributed by atoms with Crippen molar-refractivity contribution in [2.45, 2.75) is 38.8 Å². The highest BCUT2D eigenvalue weighted by Crippen LogP contribution is 2.37. The Bertz CT molecular complexity index is 634. The van der Waals surface area contributed by atoms with E-state index in [9.17, 15) is 5.21 Å². The first kappa shape index (κ1) is 18.4. The third-order valence-corrected chi connectivity index (χ3v) is 9.33. The Morgan fingerprint density at radius 2 is 1.38 bits per heavy atom. The second-order valence-corrected chi connectivity index (χ2v) is 11.4. The van der Waals surface area contributed by atoms with E-state index >= 15 is 0 Å². The van der Waals surface area contributed by atoms with E-state index in [0.29, 0.717) is 0 Å². The minimum Gasteiger partial charge on any atom is -0.624 e. The molecule has 0 fully saturated rings. The summed E-state index contributed by atoms with van der Waals surface area (Å²) in [5.74, 6) is 0. The van der Waals surface area contributed by atoms with Crippen LogP contribution in [0.4, 0.5) is 0 Å². The summed E-state index contributed by atoms with van der Waals surface area (Å²) in [6, 6.07) is 20.9. The Morgan fingerprint density at radius 1 is 0.958 bits per heavy atom. The molecule has 4 heteroatoms. The predicted molar refractivity (Wildman–Crippen MR) is 104 cm³/mol. The van der Waals surface area contributed by atoms with Crippen molar-refractivity contribution in [1.29, 1.82) is 0 Å². The van der Waals surface area contributed by atoms with Gasteiger partial charge in [-0.1, -0.05) is 81.4 Å². The van der Waals surface area contributed by atoms with Gasteiger partial charge in [0, 0.05) is 0 Å². The third-order valence-electron chi connectivity index (χ3n) is 4.20. The minimum atomic E-state index is -2.58. The van der Waals surface area contributed by atoms with Crippen molar-refractivity contribution < 1.29 is 9.16 Å². The molecule has 0 bridgehead atoms. The Kier molecular flexibility index (Phi) is 5.62. The number of hydrogen-bond acceptors (Lipinski definition) is 2. The number of rotatable bonds is 5. The lowest BCUT2D eigenvalue weighted by atomic mass is 10.2. The van der Waals surface area contributed by atoms with Gasteiger partial charge >= 0.3 is 0 Å². The van der Waals surface area contributed by atoms with Crippen LogP contribution in [0.3, 0.4) is 0 Å². The normalized spacial score (nSPS) is 14.5. The molecular weight excluding hydrogens is 314 g/mol. The van der Waals surface area contributed by atoms with Gasteiger partial charge in [-0.15, -0.1) is 0 Å². The van der Waals surface area contributed by atoms with Crippen molar-refractivity contribution in [2.24, 2.45) is 0 Å². The maximum atomic E-state index is 11.5. The number of nitrogens with zero attached hydrogens (tertiary/aromatic N) is 1. The number of benzene rings is 2. The highest BCUT2D eigenvalue weighted by Gasteiger charge is 2.51. The average Bonchev–Trinajstić information content (AvgIpc) is 2.52. The first-order valence-electron chi connectivity index (χ1n) is 8.31. The largest absolute Gasteiger partial charge is 0.624 e. The highest BCUT2D eigenvalue weighted by atomic mass is 28.4. The molecule has 0 aliphatic heterocycles. The molecule has 0 spiro atoms. The van der Waals surface area contributed by atoms with E-state index < -0.39 is 8.32 Å². The molecule has 0 N–H and O–H groups in total. The van der Waals surface area contributed by atoms with Crippen LogP contribution in [0.25, 0.3) is 0 Å². The molecule has 0 unspecified atom stereocenters. The van der Waals surface area contributed by atoms with Crippen LogP contribution < -0.4 is 10.4 Å². The Hall–Kier alpha value is -1.91. The van der Waals surface area contributed by atoms with Crippen LogP contribution in [0, 0.1) is 5.21 Å². The molecule has 0 saturated carbocycles. The summed E-state index contributed by atoms with van der Waals surface area (Å²) in [5, 5.41) is 13.8. The molecule has 0 radical (unpaired) electrons. The van der Waals surface area contributed by atoms with Gasteiger partial charge in [-0.2, -0.15) is 0 Å². The molecule has 0 aliphatic rings. The second kappa shape index (κ2) is 7.32. The van der Waals surface area contributed by atoms with E-state index in [0.717, 1.165) is 4.74 Å². The Morgan fingerprint density at radius 3 is 1.71 bits per heavy atom. The van der Waals surface area contributed by atoms with Crippen molar-refractivity contribution in [1.82, 2.24) is 0 Å². The van der Waals surface area contributed by atoms with Crippen LogP contribution in [0.5, 0.6) is 0 Å². The first-order valence-corrected chi connectivity index (χ1v) is 10.2. The molecule has 1 atom stereocenters. The van der Waals surface area contributed by atoms with Crippen LogP contribution in [0.15, 0.2) is 60.7 Å². The van der Waals surface area contributed by atoms with Crippen molar-refractivity contribution in [2.75, 3.05) is 7.05 Å². The summed E-state index contributed by atoms with van der Waals surface area (Å²) in [5.41, 5.74) is 0. The molecule has 128 valence electrons. The molecule has 2 aromatic rings. The average molecular weight is 342 g/mol. The zero-order valence-electron chi connectivity index (χ0n) is 15.2. The number of hydroxylamine groups is 1. The van der Waals surface area contributed by atoms with Crippen molar-refractivity contribution in [3.05, 3.63) is 65.9 Å². The fourth-order valence-electron chi connectivity index (χ4n) is 3.30. The van der Waals surface area contributed by atoms with Crippen LogP contribution >= 0.6 is 0 Å². The molecule has 0 amide bonds. The van der Waals surface area contributed by atoms with Gasteiger partial charge in [-0.3, -0.25) is 0 Å². The van der Waals surface area contributed by atoms with Crippen molar-refractivity contribution in [3.8, 4) is 0 Å². The van der Waals surface area contributed by atoms with Gasteiger partial charge in [-0.25, -0.2) is 4.74 Å². The van der Waals surface area contributed by atoms with Crippen LogP contribution in [-0.2, 0) is 4.43 Å². The molecule has 0 heterocycles. The van der Waals surface area contributed by atoms with Crippen LogP contribution in [0.2, 0.25) is 5.04 Å². The highest BCUT2D eigenvalue weighted by molar-refractivity contribution is 6.99. The maximum Gasteiger partial charge on any atom is 0.262 e. The van der Waals surface area contributed by atoms with Crippen LogP contribution in [-0.4, -0.2) is 32.4 Å². The summed E-state index contributed by atoms with van der Waals surface area (Å²) in [4.78, 5) is 0. The van der Waals surface area contributed by atoms with Gasteiger partial charge in [0.25, 0.3) is 8.32 Å². The summed E-state index contributed by atoms with van der Waals surface area (Å²) in [6.07, 6.45) is 1.32. The summed E-state index contributed by atoms with van der Waals surface area (Å²) >= 11 is 0. The van der Waals surface area contributed by atoms with Gasteiger partial charge in [0.05, 0.1) is 0 Å². The van der Waals surface area contributed by atoms with Gasteiger partial charge in [0.15, 0.2) is 6.21 Å². The zero-order chi connectivity index (χ0) is 17.8. The van der Waals surface area contributed by atoms with E-state index in [-0.39, 0.29) is 11.1 Å². The quantitative estimate of drug-likeness (QED) is 0.275.